The molecule has 1 rings (SSSR count). The average Bonchev–Trinajstić information content (AvgIpc) is 2.21. The first-order valence-corrected chi connectivity index (χ1v) is 6.01. The number of hydrogen-bond donors (Lipinski definition) is 1. The largest absolute Gasteiger partial charge is 0.511 e. The second-order valence-electron chi connectivity index (χ2n) is 5.52. The fourth-order valence-corrected chi connectivity index (χ4v) is 2.12. The van der Waals surface area contributed by atoms with Crippen LogP contribution in [0.1, 0.15) is 41.0 Å². The molecule has 0 bridgehead atoms. The van der Waals surface area contributed by atoms with E-state index in [0.29, 0.717) is 17.6 Å². The van der Waals surface area contributed by atoms with Crippen LogP contribution in [0.2, 0.25) is 0 Å². The molecule has 1 aliphatic carbocycles. The summed E-state index contributed by atoms with van der Waals surface area (Å²) in [5, 5.41) is 10.4. The monoisotopic (exact) mass is 224 g/mol. The summed E-state index contributed by atoms with van der Waals surface area (Å²) < 4.78 is 5.38. The van der Waals surface area contributed by atoms with E-state index in [1.807, 2.05) is 6.08 Å². The highest BCUT2D eigenvalue weighted by atomic mass is 16.5. The van der Waals surface area contributed by atoms with Crippen molar-refractivity contribution in [3.63, 3.8) is 0 Å². The molecule has 1 N–H and O–H groups in total. The lowest BCUT2D eigenvalue weighted by Crippen LogP contribution is -2.31. The fourth-order valence-electron chi connectivity index (χ4n) is 2.12. The Balaban J connectivity index is 3.24. The number of aliphatic hydroxyl groups excluding tert-OH is 1. The summed E-state index contributed by atoms with van der Waals surface area (Å²) in [6.45, 7) is 10.6. The van der Waals surface area contributed by atoms with Gasteiger partial charge in [0.05, 0.1) is 12.9 Å². The Morgan fingerprint density at radius 2 is 1.88 bits per heavy atom. The van der Waals surface area contributed by atoms with Crippen molar-refractivity contribution in [3.05, 3.63) is 23.2 Å². The summed E-state index contributed by atoms with van der Waals surface area (Å²) in [7, 11) is 1.70. The molecule has 0 aromatic rings. The highest BCUT2D eigenvalue weighted by molar-refractivity contribution is 5.34. The topological polar surface area (TPSA) is 29.5 Å². The van der Waals surface area contributed by atoms with Crippen LogP contribution in [-0.4, -0.2) is 12.2 Å². The first-order valence-electron chi connectivity index (χ1n) is 6.01. The van der Waals surface area contributed by atoms with E-state index in [2.05, 4.69) is 34.6 Å². The molecule has 0 aliphatic heterocycles. The van der Waals surface area contributed by atoms with Crippen LogP contribution in [0, 0.1) is 17.3 Å². The molecule has 1 unspecified atom stereocenters. The maximum absolute atomic E-state index is 10.4. The van der Waals surface area contributed by atoms with E-state index in [-0.39, 0.29) is 5.41 Å². The number of aliphatic hydroxyl groups is 1. The van der Waals surface area contributed by atoms with Gasteiger partial charge in [-0.05, 0) is 23.5 Å². The van der Waals surface area contributed by atoms with Crippen molar-refractivity contribution in [2.75, 3.05) is 7.11 Å². The number of methoxy groups -OCH3 is 1. The molecule has 0 saturated heterocycles. The fraction of sp³-hybridized carbons (Fsp3) is 0.714. The van der Waals surface area contributed by atoms with E-state index < -0.39 is 0 Å². The molecule has 0 radical (unpaired) electrons. The van der Waals surface area contributed by atoms with Gasteiger partial charge < -0.3 is 9.84 Å². The molecule has 2 heteroatoms. The van der Waals surface area contributed by atoms with Crippen LogP contribution in [0.3, 0.4) is 0 Å². The Morgan fingerprint density at radius 3 is 2.25 bits per heavy atom. The minimum absolute atomic E-state index is 0.195. The molecule has 0 spiro atoms. The van der Waals surface area contributed by atoms with Crippen LogP contribution in [-0.2, 0) is 4.74 Å². The van der Waals surface area contributed by atoms with Gasteiger partial charge in [-0.15, -0.1) is 0 Å². The second-order valence-corrected chi connectivity index (χ2v) is 5.52. The van der Waals surface area contributed by atoms with Gasteiger partial charge in [0.25, 0.3) is 0 Å². The summed E-state index contributed by atoms with van der Waals surface area (Å²) in [5.41, 5.74) is 0.818. The van der Waals surface area contributed by atoms with E-state index >= 15 is 0 Å². The van der Waals surface area contributed by atoms with Crippen LogP contribution in [0.15, 0.2) is 23.2 Å². The second kappa shape index (κ2) is 4.52. The van der Waals surface area contributed by atoms with Gasteiger partial charge >= 0.3 is 0 Å². The Kier molecular flexibility index (Phi) is 3.72. The maximum atomic E-state index is 10.4. The smallest absolute Gasteiger partial charge is 0.102 e. The Morgan fingerprint density at radius 1 is 1.31 bits per heavy atom. The number of ether oxygens (including phenoxy) is 1. The van der Waals surface area contributed by atoms with Crippen LogP contribution in [0.5, 0.6) is 0 Å². The molecule has 1 aliphatic rings. The molecule has 92 valence electrons. The van der Waals surface area contributed by atoms with Crippen molar-refractivity contribution >= 4 is 0 Å². The Labute approximate surface area is 99.0 Å². The lowest BCUT2D eigenvalue weighted by atomic mass is 9.69. The summed E-state index contributed by atoms with van der Waals surface area (Å²) in [6, 6.07) is 0. The highest BCUT2D eigenvalue weighted by Gasteiger charge is 2.39. The zero-order chi connectivity index (χ0) is 12.5. The summed E-state index contributed by atoms with van der Waals surface area (Å²) in [5.74, 6) is 2.22. The Bertz CT molecular complexity index is 324. The molecule has 0 aromatic carbocycles. The summed E-state index contributed by atoms with van der Waals surface area (Å²) in [4.78, 5) is 0. The van der Waals surface area contributed by atoms with Crippen LogP contribution in [0.4, 0.5) is 0 Å². The van der Waals surface area contributed by atoms with E-state index in [9.17, 15) is 5.11 Å². The minimum Gasteiger partial charge on any atom is -0.511 e. The maximum Gasteiger partial charge on any atom is 0.102 e. The van der Waals surface area contributed by atoms with Crippen LogP contribution in [0.25, 0.3) is 0 Å². The lowest BCUT2D eigenvalue weighted by Gasteiger charge is -2.38. The quantitative estimate of drug-likeness (QED) is 0.783. The predicted octanol–water partition coefficient (Wildman–Crippen LogP) is 4.05. The van der Waals surface area contributed by atoms with Gasteiger partial charge in [-0.3, -0.25) is 0 Å². The van der Waals surface area contributed by atoms with Crippen molar-refractivity contribution in [1.29, 1.82) is 0 Å². The van der Waals surface area contributed by atoms with Gasteiger partial charge in [-0.1, -0.05) is 34.6 Å². The molecule has 1 atom stereocenters. The van der Waals surface area contributed by atoms with Crippen LogP contribution >= 0.6 is 0 Å². The van der Waals surface area contributed by atoms with Crippen molar-refractivity contribution in [1.82, 2.24) is 0 Å². The van der Waals surface area contributed by atoms with E-state index in [1.165, 1.54) is 0 Å². The average molecular weight is 224 g/mol. The molecular formula is C14H24O2. The van der Waals surface area contributed by atoms with E-state index in [0.717, 1.165) is 17.8 Å². The zero-order valence-corrected chi connectivity index (χ0v) is 11.3. The van der Waals surface area contributed by atoms with Gasteiger partial charge in [0.15, 0.2) is 0 Å². The minimum atomic E-state index is -0.195. The highest BCUT2D eigenvalue weighted by Crippen LogP contribution is 2.46. The van der Waals surface area contributed by atoms with Crippen molar-refractivity contribution in [2.45, 2.75) is 41.0 Å². The number of rotatable bonds is 3. The molecule has 0 saturated carbocycles. The summed E-state index contributed by atoms with van der Waals surface area (Å²) in [6.07, 6.45) is 2.77. The third kappa shape index (κ3) is 2.11. The van der Waals surface area contributed by atoms with Crippen LogP contribution < -0.4 is 0 Å². The third-order valence-corrected chi connectivity index (χ3v) is 3.83. The van der Waals surface area contributed by atoms with Gasteiger partial charge in [0.1, 0.15) is 5.76 Å². The number of hydrogen-bond acceptors (Lipinski definition) is 2. The first kappa shape index (κ1) is 13.1. The molecule has 0 heterocycles. The van der Waals surface area contributed by atoms with E-state index in [4.69, 9.17) is 4.74 Å². The zero-order valence-electron chi connectivity index (χ0n) is 11.3. The van der Waals surface area contributed by atoms with Gasteiger partial charge in [-0.25, -0.2) is 0 Å². The molecule has 0 fully saturated rings. The molecule has 0 aromatic heterocycles. The molecule has 16 heavy (non-hydrogen) atoms. The first-order chi connectivity index (χ1) is 7.32. The SMILES string of the molecule is COC1=CC(C(C)C)=C(O)C(C)(C(C)C)C1. The Hall–Kier alpha value is -0.920. The molecule has 0 amide bonds. The third-order valence-electron chi connectivity index (χ3n) is 3.83. The van der Waals surface area contributed by atoms with Crippen molar-refractivity contribution < 1.29 is 9.84 Å². The van der Waals surface area contributed by atoms with Gasteiger partial charge in [0.2, 0.25) is 0 Å². The van der Waals surface area contributed by atoms with Gasteiger partial charge in [0, 0.05) is 11.8 Å². The lowest BCUT2D eigenvalue weighted by molar-refractivity contribution is 0.131. The summed E-state index contributed by atoms with van der Waals surface area (Å²) >= 11 is 0. The predicted molar refractivity (Wildman–Crippen MR) is 67.1 cm³/mol. The molecule has 2 nitrogen and oxygen atoms in total. The van der Waals surface area contributed by atoms with E-state index in [1.54, 1.807) is 7.11 Å². The normalized spacial score (nSPS) is 26.4. The standard InChI is InChI=1S/C14H24O2/c1-9(2)12-7-11(16-6)8-14(5,10(3)4)13(12)15/h7,9-10,15H,8H2,1-6H3. The van der Waals surface area contributed by atoms with Crippen molar-refractivity contribution in [2.24, 2.45) is 17.3 Å². The molecular weight excluding hydrogens is 200 g/mol. The van der Waals surface area contributed by atoms with Crippen molar-refractivity contribution in [3.8, 4) is 0 Å². The number of allylic oxidation sites excluding steroid dienone is 4. The van der Waals surface area contributed by atoms with Gasteiger partial charge in [-0.2, -0.15) is 0 Å².